The lowest BCUT2D eigenvalue weighted by Gasteiger charge is -2.12. The van der Waals surface area contributed by atoms with E-state index in [9.17, 15) is 8.42 Å². The first-order chi connectivity index (χ1) is 11.1. The van der Waals surface area contributed by atoms with Crippen molar-refractivity contribution < 1.29 is 8.42 Å². The molecule has 2 N–H and O–H groups in total. The van der Waals surface area contributed by atoms with Crippen molar-refractivity contribution in [2.45, 2.75) is 30.2 Å². The van der Waals surface area contributed by atoms with Crippen molar-refractivity contribution in [3.63, 3.8) is 0 Å². The molecule has 0 spiro atoms. The molecule has 0 aliphatic carbocycles. The average Bonchev–Trinajstić information content (AvgIpc) is 3.09. The molecular formula is C18H22N2O2S. The van der Waals surface area contributed by atoms with Gasteiger partial charge in [0.15, 0.2) is 0 Å². The number of benzene rings is 2. The summed E-state index contributed by atoms with van der Waals surface area (Å²) in [5.41, 5.74) is 1.92. The van der Waals surface area contributed by atoms with E-state index in [1.54, 1.807) is 18.2 Å². The lowest BCUT2D eigenvalue weighted by molar-refractivity contribution is 0.539. The van der Waals surface area contributed by atoms with E-state index in [4.69, 9.17) is 0 Å². The van der Waals surface area contributed by atoms with Crippen LogP contribution < -0.4 is 10.0 Å². The highest BCUT2D eigenvalue weighted by Gasteiger charge is 2.17. The van der Waals surface area contributed by atoms with Crippen molar-refractivity contribution >= 4 is 10.0 Å². The summed E-state index contributed by atoms with van der Waals surface area (Å²) in [5, 5.41) is 3.38. The highest BCUT2D eigenvalue weighted by Crippen LogP contribution is 2.22. The molecule has 23 heavy (non-hydrogen) atoms. The van der Waals surface area contributed by atoms with Crippen molar-refractivity contribution in [2.75, 3.05) is 13.1 Å². The molecule has 0 bridgehead atoms. The van der Waals surface area contributed by atoms with Crippen LogP contribution in [0, 0.1) is 0 Å². The Labute approximate surface area is 138 Å². The predicted octanol–water partition coefficient (Wildman–Crippen LogP) is 2.77. The standard InChI is InChI=1S/C18H22N2O2S/c21-23(22,20-13-11-17-9-5-12-19-17)18-10-4-8-16(14-18)15-6-2-1-3-7-15/h1-4,6-8,10,14,17,19-20H,5,9,11-13H2/t17-/m1/s1. The van der Waals surface area contributed by atoms with Crippen LogP contribution >= 0.6 is 0 Å². The first kappa shape index (κ1) is 16.2. The summed E-state index contributed by atoms with van der Waals surface area (Å²) < 4.78 is 27.6. The second-order valence-electron chi connectivity index (χ2n) is 5.87. The van der Waals surface area contributed by atoms with Crippen LogP contribution in [0.3, 0.4) is 0 Å². The van der Waals surface area contributed by atoms with Gasteiger partial charge in [0.25, 0.3) is 0 Å². The Hall–Kier alpha value is -1.69. The normalized spacial score (nSPS) is 18.2. The molecule has 1 atom stereocenters. The fourth-order valence-corrected chi connectivity index (χ4v) is 4.02. The minimum Gasteiger partial charge on any atom is -0.314 e. The third kappa shape index (κ3) is 4.19. The van der Waals surface area contributed by atoms with Crippen molar-refractivity contribution in [1.29, 1.82) is 0 Å². The summed E-state index contributed by atoms with van der Waals surface area (Å²) >= 11 is 0. The zero-order chi connectivity index (χ0) is 16.1. The third-order valence-electron chi connectivity index (χ3n) is 4.20. The molecule has 0 aromatic heterocycles. The minimum atomic E-state index is -3.46. The van der Waals surface area contributed by atoms with Crippen molar-refractivity contribution in [2.24, 2.45) is 0 Å². The Morgan fingerprint density at radius 1 is 1.04 bits per heavy atom. The van der Waals surface area contributed by atoms with Crippen LogP contribution in [-0.2, 0) is 10.0 Å². The molecule has 0 saturated carbocycles. The lowest BCUT2D eigenvalue weighted by Crippen LogP contribution is -2.30. The van der Waals surface area contributed by atoms with E-state index in [-0.39, 0.29) is 0 Å². The molecule has 0 amide bonds. The fraction of sp³-hybridized carbons (Fsp3) is 0.333. The maximum absolute atomic E-state index is 12.5. The Kier molecular flexibility index (Phi) is 5.10. The minimum absolute atomic E-state index is 0.318. The second-order valence-corrected chi connectivity index (χ2v) is 7.64. The topological polar surface area (TPSA) is 58.2 Å². The number of nitrogens with one attached hydrogen (secondary N) is 2. The van der Waals surface area contributed by atoms with Gasteiger partial charge < -0.3 is 5.32 Å². The van der Waals surface area contributed by atoms with Crippen LogP contribution in [0.25, 0.3) is 11.1 Å². The molecule has 0 unspecified atom stereocenters. The van der Waals surface area contributed by atoms with Gasteiger partial charge in [-0.3, -0.25) is 0 Å². The summed E-state index contributed by atoms with van der Waals surface area (Å²) in [4.78, 5) is 0.318. The summed E-state index contributed by atoms with van der Waals surface area (Å²) in [7, 11) is -3.46. The van der Waals surface area contributed by atoms with Crippen LogP contribution in [-0.4, -0.2) is 27.5 Å². The van der Waals surface area contributed by atoms with E-state index in [0.717, 1.165) is 30.5 Å². The Balaban J connectivity index is 1.69. The maximum atomic E-state index is 12.5. The number of rotatable bonds is 6. The quantitative estimate of drug-likeness (QED) is 0.856. The van der Waals surface area contributed by atoms with Gasteiger partial charge in [-0.05, 0) is 49.1 Å². The molecule has 1 fully saturated rings. The van der Waals surface area contributed by atoms with Crippen LogP contribution in [0.15, 0.2) is 59.5 Å². The van der Waals surface area contributed by atoms with Gasteiger partial charge in [0, 0.05) is 12.6 Å². The van der Waals surface area contributed by atoms with Crippen molar-refractivity contribution in [3.05, 3.63) is 54.6 Å². The molecule has 3 rings (SSSR count). The summed E-state index contributed by atoms with van der Waals surface area (Å²) in [6, 6.07) is 17.3. The number of hydrogen-bond acceptors (Lipinski definition) is 3. The van der Waals surface area contributed by atoms with E-state index in [1.165, 1.54) is 6.42 Å². The second kappa shape index (κ2) is 7.25. The van der Waals surface area contributed by atoms with Gasteiger partial charge >= 0.3 is 0 Å². The molecule has 5 heteroatoms. The van der Waals surface area contributed by atoms with E-state index >= 15 is 0 Å². The smallest absolute Gasteiger partial charge is 0.240 e. The fourth-order valence-electron chi connectivity index (χ4n) is 2.93. The maximum Gasteiger partial charge on any atom is 0.240 e. The van der Waals surface area contributed by atoms with E-state index in [1.807, 2.05) is 36.4 Å². The Morgan fingerprint density at radius 3 is 2.57 bits per heavy atom. The van der Waals surface area contributed by atoms with E-state index in [0.29, 0.717) is 17.5 Å². The highest BCUT2D eigenvalue weighted by molar-refractivity contribution is 7.89. The molecule has 2 aromatic rings. The van der Waals surface area contributed by atoms with Gasteiger partial charge in [0.05, 0.1) is 4.90 Å². The highest BCUT2D eigenvalue weighted by atomic mass is 32.2. The molecule has 1 aliphatic rings. The van der Waals surface area contributed by atoms with Crippen LogP contribution in [0.5, 0.6) is 0 Å². The number of hydrogen-bond donors (Lipinski definition) is 2. The van der Waals surface area contributed by atoms with Crippen LogP contribution in [0.1, 0.15) is 19.3 Å². The molecule has 1 saturated heterocycles. The third-order valence-corrected chi connectivity index (χ3v) is 5.66. The SMILES string of the molecule is O=S(=O)(NCC[C@H]1CCCN1)c1cccc(-c2ccccc2)c1. The first-order valence-electron chi connectivity index (χ1n) is 8.04. The summed E-state index contributed by atoms with van der Waals surface area (Å²) in [6.07, 6.45) is 3.14. The van der Waals surface area contributed by atoms with Gasteiger partial charge in [0.2, 0.25) is 10.0 Å². The van der Waals surface area contributed by atoms with Gasteiger partial charge in [-0.15, -0.1) is 0 Å². The summed E-state index contributed by atoms with van der Waals surface area (Å²) in [6.45, 7) is 1.51. The first-order valence-corrected chi connectivity index (χ1v) is 9.52. The van der Waals surface area contributed by atoms with Crippen LogP contribution in [0.4, 0.5) is 0 Å². The van der Waals surface area contributed by atoms with Gasteiger partial charge in [-0.2, -0.15) is 0 Å². The van der Waals surface area contributed by atoms with Gasteiger partial charge in [0.1, 0.15) is 0 Å². The van der Waals surface area contributed by atoms with Crippen LogP contribution in [0.2, 0.25) is 0 Å². The van der Waals surface area contributed by atoms with Crippen molar-refractivity contribution in [3.8, 4) is 11.1 Å². The van der Waals surface area contributed by atoms with Gasteiger partial charge in [-0.1, -0.05) is 42.5 Å². The predicted molar refractivity (Wildman–Crippen MR) is 92.7 cm³/mol. The zero-order valence-electron chi connectivity index (χ0n) is 13.0. The molecule has 4 nitrogen and oxygen atoms in total. The Morgan fingerprint density at radius 2 is 1.83 bits per heavy atom. The average molecular weight is 330 g/mol. The lowest BCUT2D eigenvalue weighted by atomic mass is 10.1. The molecule has 122 valence electrons. The monoisotopic (exact) mass is 330 g/mol. The molecule has 2 aromatic carbocycles. The largest absolute Gasteiger partial charge is 0.314 e. The summed E-state index contributed by atoms with van der Waals surface area (Å²) in [5.74, 6) is 0. The zero-order valence-corrected chi connectivity index (χ0v) is 13.9. The van der Waals surface area contributed by atoms with Crippen molar-refractivity contribution in [1.82, 2.24) is 10.0 Å². The molecule has 1 aliphatic heterocycles. The molecule has 1 heterocycles. The molecular weight excluding hydrogens is 308 g/mol. The number of sulfonamides is 1. The van der Waals surface area contributed by atoms with E-state index in [2.05, 4.69) is 10.0 Å². The Bertz CT molecular complexity index is 739. The van der Waals surface area contributed by atoms with Gasteiger partial charge in [-0.25, -0.2) is 13.1 Å². The molecule has 0 radical (unpaired) electrons. The van der Waals surface area contributed by atoms with E-state index < -0.39 is 10.0 Å².